The Kier molecular flexibility index (Phi) is 15.0. The highest BCUT2D eigenvalue weighted by Gasteiger charge is 2.59. The number of nitrogens with zero attached hydrogens (tertiary/aromatic N) is 3. The van der Waals surface area contributed by atoms with E-state index >= 15 is 4.39 Å². The molecule has 69 heavy (non-hydrogen) atoms. The van der Waals surface area contributed by atoms with Gasteiger partial charge in [-0.2, -0.15) is 13.2 Å². The predicted molar refractivity (Wildman–Crippen MR) is 241 cm³/mol. The minimum Gasteiger partial charge on any atom is -0.465 e. The molecule has 3 aromatic rings. The lowest BCUT2D eigenvalue weighted by atomic mass is 9.85. The van der Waals surface area contributed by atoms with Crippen LogP contribution in [0.2, 0.25) is 0 Å². The second kappa shape index (κ2) is 20.2. The van der Waals surface area contributed by atoms with Gasteiger partial charge in [0.05, 0.1) is 17.6 Å². The SMILES string of the molecule is CCCOC(=O)[C@H](C)NP(=O)(OCC(F)(F)F)[C@H](F)c1ccc2sc(C(=O)N[C@H]3CC[C@H](N(C)C4CC(OC(F)(F)F)C4)C[C@H]4CC[C@@H](C(=O)N5C[C@H](c6ccccc6)CC56CC6)N4C3=O)cc2c1. The summed E-state index contributed by atoms with van der Waals surface area (Å²) in [5.41, 5.74) is 0.498. The maximum absolute atomic E-state index is 16.3. The Morgan fingerprint density at radius 2 is 1.70 bits per heavy atom. The van der Waals surface area contributed by atoms with E-state index in [1.807, 2.05) is 35.0 Å². The van der Waals surface area contributed by atoms with Crippen LogP contribution in [-0.2, 0) is 32.9 Å². The van der Waals surface area contributed by atoms with Crippen LogP contribution in [0.1, 0.15) is 117 Å². The number of rotatable bonds is 16. The number of carbonyl (C=O) groups is 4. The van der Waals surface area contributed by atoms with Crippen LogP contribution in [0, 0.1) is 0 Å². The van der Waals surface area contributed by atoms with E-state index in [2.05, 4.69) is 31.8 Å². The van der Waals surface area contributed by atoms with Crippen molar-refractivity contribution in [3.63, 3.8) is 0 Å². The number of carbonyl (C=O) groups excluding carboxylic acids is 4. The summed E-state index contributed by atoms with van der Waals surface area (Å²) in [7, 11) is -3.27. The average molecular weight is 1020 g/mol. The van der Waals surface area contributed by atoms with E-state index in [0.717, 1.165) is 43.1 Å². The summed E-state index contributed by atoms with van der Waals surface area (Å²) in [6, 6.07) is 11.0. The van der Waals surface area contributed by atoms with Crippen molar-refractivity contribution in [2.24, 2.45) is 0 Å². The number of esters is 1. The number of hydrogen-bond donors (Lipinski definition) is 2. The molecule has 3 aliphatic heterocycles. The molecule has 5 aliphatic rings. The zero-order valence-electron chi connectivity index (χ0n) is 38.4. The topological polar surface area (TPSA) is 147 Å². The van der Waals surface area contributed by atoms with E-state index in [0.29, 0.717) is 43.3 Å². The van der Waals surface area contributed by atoms with Crippen LogP contribution < -0.4 is 10.4 Å². The maximum Gasteiger partial charge on any atom is 0.522 e. The van der Waals surface area contributed by atoms with Gasteiger partial charge in [0.2, 0.25) is 17.7 Å². The van der Waals surface area contributed by atoms with E-state index in [1.165, 1.54) is 24.3 Å². The first-order valence-electron chi connectivity index (χ1n) is 23.5. The van der Waals surface area contributed by atoms with Gasteiger partial charge in [0, 0.05) is 40.8 Å². The maximum atomic E-state index is 16.3. The lowest BCUT2D eigenvalue weighted by molar-refractivity contribution is -0.354. The van der Waals surface area contributed by atoms with Crippen LogP contribution in [0.25, 0.3) is 10.1 Å². The molecule has 1 unspecified atom stereocenters. The molecule has 3 amide bonds. The first kappa shape index (κ1) is 51.2. The van der Waals surface area contributed by atoms with Crippen LogP contribution in [0.4, 0.5) is 30.7 Å². The molecule has 4 heterocycles. The Morgan fingerprint density at radius 1 is 0.971 bits per heavy atom. The summed E-state index contributed by atoms with van der Waals surface area (Å²) in [6.45, 7) is 1.27. The lowest BCUT2D eigenvalue weighted by Gasteiger charge is -2.47. The molecule has 0 bridgehead atoms. The van der Waals surface area contributed by atoms with Crippen molar-refractivity contribution in [3.8, 4) is 0 Å². The highest BCUT2D eigenvalue weighted by Crippen LogP contribution is 2.59. The Bertz CT molecular complexity index is 2420. The molecular weight excluding hydrogens is 959 g/mol. The number of alkyl halides is 7. The molecule has 8 rings (SSSR count). The third-order valence-corrected chi connectivity index (χ3v) is 17.7. The number of fused-ring (bicyclic) bond motifs is 2. The van der Waals surface area contributed by atoms with Gasteiger partial charge in [-0.15, -0.1) is 24.5 Å². The smallest absolute Gasteiger partial charge is 0.465 e. The quantitative estimate of drug-likeness (QED) is 0.0810. The van der Waals surface area contributed by atoms with Crippen LogP contribution in [0.3, 0.4) is 0 Å². The van der Waals surface area contributed by atoms with Crippen LogP contribution in [0.5, 0.6) is 0 Å². The molecule has 2 saturated carbocycles. The van der Waals surface area contributed by atoms with Crippen LogP contribution in [-0.4, -0.2) is 126 Å². The molecule has 3 saturated heterocycles. The second-order valence-electron chi connectivity index (χ2n) is 19.2. The number of likely N-dealkylation sites (tertiary alicyclic amines) is 1. The fourth-order valence-corrected chi connectivity index (χ4v) is 13.4. The van der Waals surface area contributed by atoms with Crippen molar-refractivity contribution < 1.29 is 68.5 Å². The van der Waals surface area contributed by atoms with Gasteiger partial charge in [-0.1, -0.05) is 43.3 Å². The van der Waals surface area contributed by atoms with Gasteiger partial charge in [0.1, 0.15) is 18.1 Å². The molecule has 1 aromatic heterocycles. The lowest BCUT2D eigenvalue weighted by Crippen LogP contribution is -2.60. The minimum absolute atomic E-state index is 0.0305. The molecule has 0 radical (unpaired) electrons. The van der Waals surface area contributed by atoms with E-state index in [1.54, 1.807) is 11.8 Å². The molecule has 13 nitrogen and oxygen atoms in total. The largest absolute Gasteiger partial charge is 0.522 e. The van der Waals surface area contributed by atoms with Crippen molar-refractivity contribution in [2.75, 3.05) is 26.8 Å². The first-order valence-corrected chi connectivity index (χ1v) is 26.0. The molecule has 8 atom stereocenters. The Balaban J connectivity index is 1.02. The van der Waals surface area contributed by atoms with Crippen molar-refractivity contribution in [3.05, 3.63) is 70.6 Å². The van der Waals surface area contributed by atoms with Crippen molar-refractivity contribution >= 4 is 52.6 Å². The zero-order valence-corrected chi connectivity index (χ0v) is 40.1. The summed E-state index contributed by atoms with van der Waals surface area (Å²) in [4.78, 5) is 62.0. The zero-order chi connectivity index (χ0) is 49.6. The first-order chi connectivity index (χ1) is 32.6. The van der Waals surface area contributed by atoms with Crippen LogP contribution in [0.15, 0.2) is 54.6 Å². The number of nitrogens with one attached hydrogen (secondary N) is 2. The summed E-state index contributed by atoms with van der Waals surface area (Å²) < 4.78 is 123. The third kappa shape index (κ3) is 11.5. The Hall–Kier alpha value is -4.14. The molecular formula is C47H57F7N5O8PS. The highest BCUT2D eigenvalue weighted by molar-refractivity contribution is 7.57. The molecule has 378 valence electrons. The third-order valence-electron chi connectivity index (χ3n) is 14.4. The number of hydrogen-bond acceptors (Lipinski definition) is 10. The van der Waals surface area contributed by atoms with E-state index < -0.39 is 80.6 Å². The van der Waals surface area contributed by atoms with Crippen molar-refractivity contribution in [1.29, 1.82) is 0 Å². The number of benzene rings is 2. The minimum atomic E-state index is -5.12. The molecule has 2 aromatic carbocycles. The number of amides is 3. The van der Waals surface area contributed by atoms with Gasteiger partial charge in [-0.25, -0.2) is 9.48 Å². The number of halogens is 7. The van der Waals surface area contributed by atoms with E-state index in [9.17, 15) is 50.1 Å². The molecule has 2 N–H and O–H groups in total. The van der Waals surface area contributed by atoms with Crippen LogP contribution >= 0.6 is 18.9 Å². The van der Waals surface area contributed by atoms with Gasteiger partial charge in [0.25, 0.3) is 5.91 Å². The van der Waals surface area contributed by atoms with Gasteiger partial charge in [-0.3, -0.25) is 28.5 Å². The van der Waals surface area contributed by atoms with Crippen molar-refractivity contribution in [2.45, 2.75) is 157 Å². The van der Waals surface area contributed by atoms with Gasteiger partial charge < -0.3 is 29.3 Å². The molecule has 5 fully saturated rings. The Morgan fingerprint density at radius 3 is 2.36 bits per heavy atom. The fourth-order valence-electron chi connectivity index (χ4n) is 10.6. The fraction of sp³-hybridized carbons (Fsp3) is 0.617. The monoisotopic (exact) mass is 1020 g/mol. The molecule has 2 aliphatic carbocycles. The number of ether oxygens (including phenoxy) is 2. The summed E-state index contributed by atoms with van der Waals surface area (Å²) >= 11 is 0.993. The molecule has 1 spiro atoms. The normalized spacial score (nSPS) is 27.6. The highest BCUT2D eigenvalue weighted by atomic mass is 32.1. The molecule has 22 heteroatoms. The van der Waals surface area contributed by atoms with Gasteiger partial charge >= 0.3 is 26.0 Å². The van der Waals surface area contributed by atoms with E-state index in [4.69, 9.17) is 4.74 Å². The van der Waals surface area contributed by atoms with Crippen molar-refractivity contribution in [1.82, 2.24) is 25.1 Å². The standard InChI is InChI=1S/C47H57F7N5O8PS/c1-4-18-65-44(63)27(2)56-68(64,66-26-46(49,50)51)40(48)29-10-15-38-30(19-29)20-39(69-38)41(60)55-36-13-11-32(57(3)34-22-35(23-34)67-47(52,53)54)21-33-12-14-37(59(33)42(36)61)43(62)58-25-31(24-45(58)16-17-45)28-8-6-5-7-9-28/h5-10,15,19-20,27,31-37,40H,4,11-14,16-18,21-26H2,1-3H3,(H,55,60)(H,56,64)/t27-,31+,32-,33+,34?,35?,36-,37-,40-,68?/m0/s1. The summed E-state index contributed by atoms with van der Waals surface area (Å²) in [5, 5.41) is 5.27. The second-order valence-corrected chi connectivity index (χ2v) is 22.4. The number of thiophene rings is 1. The average Bonchev–Trinajstić information content (AvgIpc) is 3.56. The van der Waals surface area contributed by atoms with Gasteiger partial charge in [0.15, 0.2) is 6.61 Å². The summed E-state index contributed by atoms with van der Waals surface area (Å²) in [5.74, 6) is -4.74. The Labute approximate surface area is 399 Å². The predicted octanol–water partition coefficient (Wildman–Crippen LogP) is 9.13. The van der Waals surface area contributed by atoms with Gasteiger partial charge in [-0.05, 0) is 119 Å². The summed E-state index contributed by atoms with van der Waals surface area (Å²) in [6.07, 6.45) is -5.48. The van der Waals surface area contributed by atoms with E-state index in [-0.39, 0.29) is 71.1 Å².